The molecular formula is C53H92N10O8. The molecule has 18 nitrogen and oxygen atoms in total. The fourth-order valence-corrected chi connectivity index (χ4v) is 11.3. The number of hydrogen-bond acceptors (Lipinski definition) is 10. The van der Waals surface area contributed by atoms with Gasteiger partial charge in [-0.1, -0.05) is 108 Å². The van der Waals surface area contributed by atoms with Gasteiger partial charge in [-0.2, -0.15) is 0 Å². The molecule has 0 aromatic carbocycles. The van der Waals surface area contributed by atoms with E-state index in [4.69, 9.17) is 9.47 Å². The van der Waals surface area contributed by atoms with Crippen molar-refractivity contribution in [1.82, 2.24) is 40.8 Å². The normalized spacial score (nSPS) is 22.5. The van der Waals surface area contributed by atoms with Gasteiger partial charge in [0.15, 0.2) is 0 Å². The standard InChI is InChI=1S/C27H47N5O4.C26H45N5O4/c1-8-18(3)12-20(9-2)10-11-36-25(35)30-21-14-26(5,6)16-27(7,15-21)17-28-24(34)32-23-29-19(4)13-22(33)31-23;1-8-10-19(9-2)11-12-35-24(34)31(7)20-14-25(4,5)16-26(6,15-20)17-27-23(33)30-22-28-18(3)13-21(32)29-22/h13,18,20-21H,8-12,14-17H2,1-7H3,(H,30,35)(H3,28,29,31,32,33,34);13,19-20H,8-12,14-17H2,1-7H3,(H3,27,28,29,30,32,33). The van der Waals surface area contributed by atoms with Gasteiger partial charge in [0, 0.05) is 55.7 Å². The number of anilines is 2. The molecule has 2 aromatic rings. The highest BCUT2D eigenvalue weighted by Gasteiger charge is 2.44. The maximum Gasteiger partial charge on any atom is 0.409 e. The van der Waals surface area contributed by atoms with Crippen molar-refractivity contribution >= 4 is 36.1 Å². The summed E-state index contributed by atoms with van der Waals surface area (Å²) in [6.45, 7) is 29.2. The van der Waals surface area contributed by atoms with Crippen LogP contribution in [0.2, 0.25) is 0 Å². The Morgan fingerprint density at radius 3 is 1.69 bits per heavy atom. The first-order chi connectivity index (χ1) is 33.2. The van der Waals surface area contributed by atoms with Crippen molar-refractivity contribution in [2.24, 2.45) is 39.4 Å². The summed E-state index contributed by atoms with van der Waals surface area (Å²) in [6.07, 6.45) is 13.0. The highest BCUT2D eigenvalue weighted by molar-refractivity contribution is 5.87. The summed E-state index contributed by atoms with van der Waals surface area (Å²) in [5.74, 6) is 2.10. The third-order valence-electron chi connectivity index (χ3n) is 14.4. The average molecular weight is 997 g/mol. The summed E-state index contributed by atoms with van der Waals surface area (Å²) in [4.78, 5) is 88.5. The zero-order valence-corrected chi connectivity index (χ0v) is 45.9. The van der Waals surface area contributed by atoms with Crippen LogP contribution in [0.5, 0.6) is 0 Å². The Labute approximate surface area is 423 Å². The number of H-pyrrole nitrogens is 2. The zero-order chi connectivity index (χ0) is 53.2. The van der Waals surface area contributed by atoms with E-state index in [1.165, 1.54) is 25.0 Å². The number of carbonyl (C=O) groups excluding carboxylic acids is 4. The molecule has 6 amide bonds. The van der Waals surface area contributed by atoms with Crippen molar-refractivity contribution in [2.45, 2.75) is 192 Å². The van der Waals surface area contributed by atoms with E-state index in [1.807, 2.05) is 7.05 Å². The minimum atomic E-state index is -0.430. The number of nitrogens with one attached hydrogen (secondary N) is 7. The third-order valence-corrected chi connectivity index (χ3v) is 14.4. The van der Waals surface area contributed by atoms with Gasteiger partial charge in [-0.05, 0) is 111 Å². The molecule has 0 saturated heterocycles. The maximum atomic E-state index is 12.8. The number of aromatic amines is 2. The summed E-state index contributed by atoms with van der Waals surface area (Å²) in [7, 11) is 1.82. The van der Waals surface area contributed by atoms with Crippen LogP contribution >= 0.6 is 0 Å². The summed E-state index contributed by atoms with van der Waals surface area (Å²) in [6, 6.07) is 1.86. The summed E-state index contributed by atoms with van der Waals surface area (Å²) < 4.78 is 11.2. The van der Waals surface area contributed by atoms with E-state index in [0.29, 0.717) is 55.4 Å². The molecule has 0 bridgehead atoms. The Morgan fingerprint density at radius 1 is 0.704 bits per heavy atom. The largest absolute Gasteiger partial charge is 0.450 e. The summed E-state index contributed by atoms with van der Waals surface area (Å²) >= 11 is 0. The Hall–Kier alpha value is -5.16. The van der Waals surface area contributed by atoms with Gasteiger partial charge in [0.1, 0.15) is 0 Å². The van der Waals surface area contributed by atoms with E-state index in [-0.39, 0.29) is 68.9 Å². The predicted molar refractivity (Wildman–Crippen MR) is 282 cm³/mol. The van der Waals surface area contributed by atoms with Crippen LogP contribution in [0, 0.1) is 53.3 Å². The number of rotatable bonds is 21. The molecule has 71 heavy (non-hydrogen) atoms. The molecule has 18 heteroatoms. The van der Waals surface area contributed by atoms with Gasteiger partial charge in [-0.15, -0.1) is 0 Å². The van der Waals surface area contributed by atoms with Crippen molar-refractivity contribution in [1.29, 1.82) is 0 Å². The van der Waals surface area contributed by atoms with E-state index in [1.54, 1.807) is 18.7 Å². The molecule has 2 saturated carbocycles. The maximum absolute atomic E-state index is 12.8. The van der Waals surface area contributed by atoms with Crippen molar-refractivity contribution < 1.29 is 28.7 Å². The number of aryl methyl sites for hydroxylation is 2. The SMILES string of the molecule is CCC(C)CC(CC)CCOC(=O)NC1CC(C)(C)CC(C)(CNC(=O)Nc2nc(C)cc(=O)[nH]2)C1.CCCC(CC)CCOC(=O)N(C)C1CC(C)(C)CC(C)(CNC(=O)Nc2nc(C)cc(=O)[nH]2)C1. The molecule has 4 rings (SSSR count). The topological polar surface area (TPSA) is 242 Å². The summed E-state index contributed by atoms with van der Waals surface area (Å²) in [5.41, 5.74) is -0.00991. The van der Waals surface area contributed by atoms with Crippen LogP contribution in [0.4, 0.5) is 31.1 Å². The molecule has 0 aliphatic heterocycles. The van der Waals surface area contributed by atoms with E-state index in [9.17, 15) is 28.8 Å². The average Bonchev–Trinajstić information content (AvgIpc) is 3.24. The van der Waals surface area contributed by atoms with Crippen LogP contribution in [0.3, 0.4) is 0 Å². The number of carbonyl (C=O) groups is 4. The predicted octanol–water partition coefficient (Wildman–Crippen LogP) is 10.4. The fraction of sp³-hybridized carbons (Fsp3) is 0.774. The van der Waals surface area contributed by atoms with E-state index in [0.717, 1.165) is 77.0 Å². The highest BCUT2D eigenvalue weighted by atomic mass is 16.6. The van der Waals surface area contributed by atoms with Gasteiger partial charge in [-0.25, -0.2) is 29.1 Å². The quantitative estimate of drug-likeness (QED) is 0.0624. The second-order valence-electron chi connectivity index (χ2n) is 23.2. The second kappa shape index (κ2) is 27.6. The van der Waals surface area contributed by atoms with Crippen LogP contribution < -0.4 is 37.7 Å². The fourth-order valence-electron chi connectivity index (χ4n) is 11.3. The van der Waals surface area contributed by atoms with Gasteiger partial charge >= 0.3 is 24.2 Å². The number of urea groups is 2. The van der Waals surface area contributed by atoms with Gasteiger partial charge in [0.2, 0.25) is 11.9 Å². The van der Waals surface area contributed by atoms with Crippen LogP contribution in [0.1, 0.15) is 177 Å². The number of aromatic nitrogens is 4. The second-order valence-corrected chi connectivity index (χ2v) is 23.2. The minimum absolute atomic E-state index is 0.00211. The molecule has 2 fully saturated rings. The van der Waals surface area contributed by atoms with E-state index in [2.05, 4.69) is 123 Å². The summed E-state index contributed by atoms with van der Waals surface area (Å²) in [5, 5.41) is 14.1. The molecule has 2 heterocycles. The number of ether oxygens (including phenoxy) is 2. The molecule has 7 atom stereocenters. The van der Waals surface area contributed by atoms with Gasteiger partial charge in [0.05, 0.1) is 13.2 Å². The molecule has 0 radical (unpaired) electrons. The first-order valence-corrected chi connectivity index (χ1v) is 26.3. The lowest BCUT2D eigenvalue weighted by molar-refractivity contribution is 0.0196. The Kier molecular flexibility index (Phi) is 23.4. The van der Waals surface area contributed by atoms with Crippen LogP contribution in [0.25, 0.3) is 0 Å². The molecular weight excluding hydrogens is 905 g/mol. The number of amides is 6. The van der Waals surface area contributed by atoms with Gasteiger partial charge in [0.25, 0.3) is 11.1 Å². The van der Waals surface area contributed by atoms with Crippen molar-refractivity contribution in [3.63, 3.8) is 0 Å². The number of hydrogen-bond donors (Lipinski definition) is 7. The Bertz CT molecular complexity index is 2140. The van der Waals surface area contributed by atoms with E-state index >= 15 is 0 Å². The molecule has 2 aromatic heterocycles. The van der Waals surface area contributed by atoms with Crippen LogP contribution in [-0.4, -0.2) is 94.5 Å². The first kappa shape index (κ1) is 60.1. The van der Waals surface area contributed by atoms with Crippen molar-refractivity contribution in [3.05, 3.63) is 44.2 Å². The molecule has 402 valence electrons. The minimum Gasteiger partial charge on any atom is -0.450 e. The molecule has 2 aliphatic carbocycles. The highest BCUT2D eigenvalue weighted by Crippen LogP contribution is 2.48. The molecule has 2 aliphatic rings. The lowest BCUT2D eigenvalue weighted by Gasteiger charge is -2.48. The molecule has 7 unspecified atom stereocenters. The zero-order valence-electron chi connectivity index (χ0n) is 45.9. The van der Waals surface area contributed by atoms with E-state index < -0.39 is 12.1 Å². The van der Waals surface area contributed by atoms with Crippen molar-refractivity contribution in [3.8, 4) is 0 Å². The smallest absolute Gasteiger partial charge is 0.409 e. The molecule has 7 N–H and O–H groups in total. The Morgan fingerprint density at radius 2 is 1.20 bits per heavy atom. The van der Waals surface area contributed by atoms with Gasteiger partial charge in [-0.3, -0.25) is 30.2 Å². The Balaban J connectivity index is 0.000000375. The number of nitrogens with zero attached hydrogens (tertiary/aromatic N) is 3. The monoisotopic (exact) mass is 997 g/mol. The molecule has 0 spiro atoms. The third kappa shape index (κ3) is 22.0. The van der Waals surface area contributed by atoms with Gasteiger partial charge < -0.3 is 30.3 Å². The lowest BCUT2D eigenvalue weighted by atomic mass is 9.62. The first-order valence-electron chi connectivity index (χ1n) is 26.3. The lowest BCUT2D eigenvalue weighted by Crippen LogP contribution is -2.51. The number of alkyl carbamates (subject to hydrolysis) is 1. The van der Waals surface area contributed by atoms with Crippen LogP contribution in [-0.2, 0) is 9.47 Å². The van der Waals surface area contributed by atoms with Crippen LogP contribution in [0.15, 0.2) is 21.7 Å². The van der Waals surface area contributed by atoms with Crippen molar-refractivity contribution in [2.75, 3.05) is 44.0 Å².